The summed E-state index contributed by atoms with van der Waals surface area (Å²) in [5.41, 5.74) is 2.48. The Bertz CT molecular complexity index is 602. The van der Waals surface area contributed by atoms with Gasteiger partial charge in [0.1, 0.15) is 5.75 Å². The third-order valence-electron chi connectivity index (χ3n) is 2.66. The Balaban J connectivity index is 2.24. The number of hydrogen-bond donors (Lipinski definition) is 2. The third-order valence-corrected chi connectivity index (χ3v) is 2.66. The average Bonchev–Trinajstić information content (AvgIpc) is 2.62. The van der Waals surface area contributed by atoms with Crippen LogP contribution in [-0.2, 0) is 7.05 Å². The van der Waals surface area contributed by atoms with Crippen LogP contribution in [0.25, 0.3) is 0 Å². The molecule has 0 aliphatic heterocycles. The fourth-order valence-corrected chi connectivity index (χ4v) is 1.76. The molecule has 1 aromatic carbocycles. The largest absolute Gasteiger partial charge is 0.506 e. The minimum atomic E-state index is -0.278. The lowest BCUT2D eigenvalue weighted by Gasteiger charge is -2.07. The zero-order valence-electron chi connectivity index (χ0n) is 10.6. The number of phenolic OH excluding ortho intramolecular Hbond substituents is 1. The van der Waals surface area contributed by atoms with Gasteiger partial charge in [0.2, 0.25) is 0 Å². The van der Waals surface area contributed by atoms with Crippen LogP contribution in [0.1, 0.15) is 21.6 Å². The smallest absolute Gasteiger partial charge is 0.259 e. The van der Waals surface area contributed by atoms with Crippen LogP contribution in [0.4, 0.5) is 5.69 Å². The van der Waals surface area contributed by atoms with Gasteiger partial charge in [-0.1, -0.05) is 6.07 Å². The van der Waals surface area contributed by atoms with Crippen molar-refractivity contribution in [3.05, 3.63) is 41.2 Å². The highest BCUT2D eigenvalue weighted by atomic mass is 16.3. The highest BCUT2D eigenvalue weighted by Crippen LogP contribution is 2.24. The summed E-state index contributed by atoms with van der Waals surface area (Å²) in [6.07, 6.45) is 1.65. The van der Waals surface area contributed by atoms with Crippen molar-refractivity contribution in [1.29, 1.82) is 0 Å². The van der Waals surface area contributed by atoms with Gasteiger partial charge in [-0.05, 0) is 31.5 Å². The molecule has 0 saturated heterocycles. The molecule has 0 aliphatic carbocycles. The van der Waals surface area contributed by atoms with Crippen LogP contribution in [0.5, 0.6) is 5.75 Å². The Hall–Kier alpha value is -2.30. The van der Waals surface area contributed by atoms with Crippen molar-refractivity contribution in [1.82, 2.24) is 9.78 Å². The first-order valence-electron chi connectivity index (χ1n) is 5.58. The van der Waals surface area contributed by atoms with E-state index in [0.717, 1.165) is 5.56 Å². The molecule has 5 heteroatoms. The number of phenols is 1. The summed E-state index contributed by atoms with van der Waals surface area (Å²) in [7, 11) is 1.76. The molecule has 2 aromatic rings. The van der Waals surface area contributed by atoms with Gasteiger partial charge in [-0.15, -0.1) is 0 Å². The van der Waals surface area contributed by atoms with E-state index in [2.05, 4.69) is 10.4 Å². The molecular weight excluding hydrogens is 230 g/mol. The zero-order valence-corrected chi connectivity index (χ0v) is 10.6. The van der Waals surface area contributed by atoms with E-state index in [4.69, 9.17) is 0 Å². The van der Waals surface area contributed by atoms with Crippen LogP contribution >= 0.6 is 0 Å². The Morgan fingerprint density at radius 1 is 1.39 bits per heavy atom. The standard InChI is InChI=1S/C13H15N3O2/c1-8-4-5-11(12(17)6-8)14-13(18)10-7-16(3)15-9(10)2/h4-7,17H,1-3H3,(H,14,18). The first-order valence-corrected chi connectivity index (χ1v) is 5.58. The number of aromatic nitrogens is 2. The molecule has 1 amide bonds. The number of hydrogen-bond acceptors (Lipinski definition) is 3. The summed E-state index contributed by atoms with van der Waals surface area (Å²) in [5, 5.41) is 16.5. The van der Waals surface area contributed by atoms with Crippen LogP contribution < -0.4 is 5.32 Å². The van der Waals surface area contributed by atoms with Crippen LogP contribution in [-0.4, -0.2) is 20.8 Å². The molecule has 0 bridgehead atoms. The molecular formula is C13H15N3O2. The van der Waals surface area contributed by atoms with Crippen molar-refractivity contribution in [2.24, 2.45) is 7.05 Å². The normalized spacial score (nSPS) is 10.4. The fraction of sp³-hybridized carbons (Fsp3) is 0.231. The van der Waals surface area contributed by atoms with Crippen molar-refractivity contribution in [3.63, 3.8) is 0 Å². The maximum Gasteiger partial charge on any atom is 0.259 e. The second-order valence-electron chi connectivity index (χ2n) is 4.28. The number of nitrogens with one attached hydrogen (secondary N) is 1. The van der Waals surface area contributed by atoms with Gasteiger partial charge < -0.3 is 10.4 Å². The molecule has 0 atom stereocenters. The van der Waals surface area contributed by atoms with E-state index in [9.17, 15) is 9.90 Å². The van der Waals surface area contributed by atoms with Gasteiger partial charge in [0, 0.05) is 13.2 Å². The molecule has 94 valence electrons. The topological polar surface area (TPSA) is 67.2 Å². The number of nitrogens with zero attached hydrogens (tertiary/aromatic N) is 2. The third kappa shape index (κ3) is 2.34. The van der Waals surface area contributed by atoms with Crippen LogP contribution in [0, 0.1) is 13.8 Å². The van der Waals surface area contributed by atoms with E-state index in [1.165, 1.54) is 0 Å². The number of carbonyl (C=O) groups is 1. The first kappa shape index (κ1) is 12.2. The molecule has 0 unspecified atom stereocenters. The van der Waals surface area contributed by atoms with Crippen LogP contribution in [0.2, 0.25) is 0 Å². The van der Waals surface area contributed by atoms with E-state index in [1.807, 2.05) is 13.0 Å². The van der Waals surface area contributed by atoms with Crippen LogP contribution in [0.15, 0.2) is 24.4 Å². The lowest BCUT2D eigenvalue weighted by atomic mass is 10.2. The highest BCUT2D eigenvalue weighted by Gasteiger charge is 2.14. The minimum absolute atomic E-state index is 0.0601. The molecule has 18 heavy (non-hydrogen) atoms. The van der Waals surface area contributed by atoms with Crippen LogP contribution in [0.3, 0.4) is 0 Å². The van der Waals surface area contributed by atoms with Crippen molar-refractivity contribution >= 4 is 11.6 Å². The molecule has 1 aromatic heterocycles. The molecule has 0 fully saturated rings. The van der Waals surface area contributed by atoms with E-state index < -0.39 is 0 Å². The molecule has 0 aliphatic rings. The predicted molar refractivity (Wildman–Crippen MR) is 68.7 cm³/mol. The summed E-state index contributed by atoms with van der Waals surface area (Å²) in [5.74, 6) is -0.218. The van der Waals surface area contributed by atoms with E-state index >= 15 is 0 Å². The van der Waals surface area contributed by atoms with Gasteiger partial charge in [0.15, 0.2) is 0 Å². The molecule has 0 saturated carbocycles. The van der Waals surface area contributed by atoms with Gasteiger partial charge in [0.25, 0.3) is 5.91 Å². The average molecular weight is 245 g/mol. The molecule has 1 heterocycles. The van der Waals surface area contributed by atoms with Gasteiger partial charge in [0.05, 0.1) is 16.9 Å². The summed E-state index contributed by atoms with van der Waals surface area (Å²) in [6, 6.07) is 5.10. The van der Waals surface area contributed by atoms with Gasteiger partial charge in [-0.2, -0.15) is 5.10 Å². The van der Waals surface area contributed by atoms with E-state index in [1.54, 1.807) is 37.0 Å². The lowest BCUT2D eigenvalue weighted by molar-refractivity contribution is 0.102. The van der Waals surface area contributed by atoms with Gasteiger partial charge in [-0.25, -0.2) is 0 Å². The number of benzene rings is 1. The van der Waals surface area contributed by atoms with E-state index in [-0.39, 0.29) is 11.7 Å². The maximum atomic E-state index is 12.0. The second kappa shape index (κ2) is 4.52. The number of amides is 1. The van der Waals surface area contributed by atoms with Gasteiger partial charge in [-0.3, -0.25) is 9.48 Å². The first-order chi connectivity index (χ1) is 8.47. The van der Waals surface area contributed by atoms with Gasteiger partial charge >= 0.3 is 0 Å². The molecule has 2 N–H and O–H groups in total. The zero-order chi connectivity index (χ0) is 13.3. The monoisotopic (exact) mass is 245 g/mol. The van der Waals surface area contributed by atoms with Crippen molar-refractivity contribution in [2.45, 2.75) is 13.8 Å². The quantitative estimate of drug-likeness (QED) is 0.795. The Kier molecular flexibility index (Phi) is 3.06. The number of rotatable bonds is 2. The Morgan fingerprint density at radius 2 is 2.11 bits per heavy atom. The number of aryl methyl sites for hydroxylation is 3. The van der Waals surface area contributed by atoms with Crippen molar-refractivity contribution < 1.29 is 9.90 Å². The van der Waals surface area contributed by atoms with Crippen molar-refractivity contribution in [3.8, 4) is 5.75 Å². The second-order valence-corrected chi connectivity index (χ2v) is 4.28. The summed E-state index contributed by atoms with van der Waals surface area (Å²) in [6.45, 7) is 3.64. The molecule has 5 nitrogen and oxygen atoms in total. The molecule has 2 rings (SSSR count). The Morgan fingerprint density at radius 3 is 2.67 bits per heavy atom. The predicted octanol–water partition coefficient (Wildman–Crippen LogP) is 1.99. The lowest BCUT2D eigenvalue weighted by Crippen LogP contribution is -2.12. The summed E-state index contributed by atoms with van der Waals surface area (Å²) in [4.78, 5) is 12.0. The summed E-state index contributed by atoms with van der Waals surface area (Å²) < 4.78 is 1.58. The fourth-order valence-electron chi connectivity index (χ4n) is 1.76. The minimum Gasteiger partial charge on any atom is -0.506 e. The maximum absolute atomic E-state index is 12.0. The number of carbonyl (C=O) groups excluding carboxylic acids is 1. The SMILES string of the molecule is Cc1ccc(NC(=O)c2cn(C)nc2C)c(O)c1. The van der Waals surface area contributed by atoms with Crippen molar-refractivity contribution in [2.75, 3.05) is 5.32 Å². The highest BCUT2D eigenvalue weighted by molar-refractivity contribution is 6.05. The summed E-state index contributed by atoms with van der Waals surface area (Å²) >= 11 is 0. The van der Waals surface area contributed by atoms with E-state index in [0.29, 0.717) is 16.9 Å². The molecule has 0 spiro atoms. The number of anilines is 1. The molecule has 0 radical (unpaired) electrons. The number of aromatic hydroxyl groups is 1. The Labute approximate surface area is 105 Å².